The van der Waals surface area contributed by atoms with Crippen LogP contribution in [0.25, 0.3) is 33.6 Å². The normalized spacial score (nSPS) is 21.2. The number of hydrogen-bond acceptors (Lipinski definition) is 6. The number of likely N-dealkylation sites (tertiary alicyclic amines) is 2. The standard InChI is InChI=1S/C40H49N7O4/c1-25(2)35(45-40(50)51-3)39(49)47-22-8-11-34(47)37-42-24-33(44-37)29-18-14-27(15-19-29)26-12-16-28(17-13-26)32-23-41-36(43-32)30-9-7-10-31(30)38(48)46-20-5-4-6-21-46/h12-19,23-25,30-31,34-35H,4-11,20-22H2,1-3H3,(H,41,43)(H,42,44)(H,45,50)/t30-,31-,34+,35-/m1/s1. The number of methoxy groups -OCH3 is 1. The zero-order chi connectivity index (χ0) is 35.5. The second-order valence-electron chi connectivity index (χ2n) is 14.6. The van der Waals surface area contributed by atoms with Gasteiger partial charge in [-0.1, -0.05) is 68.8 Å². The summed E-state index contributed by atoms with van der Waals surface area (Å²) in [5.41, 5.74) is 6.14. The van der Waals surface area contributed by atoms with E-state index in [-0.39, 0.29) is 29.7 Å². The number of nitrogens with zero attached hydrogens (tertiary/aromatic N) is 4. The van der Waals surface area contributed by atoms with Crippen molar-refractivity contribution in [3.63, 3.8) is 0 Å². The summed E-state index contributed by atoms with van der Waals surface area (Å²) in [6.07, 6.45) is 11.2. The number of aromatic nitrogens is 4. The lowest BCUT2D eigenvalue weighted by Crippen LogP contribution is -2.51. The average molecular weight is 692 g/mol. The first-order chi connectivity index (χ1) is 24.8. The minimum Gasteiger partial charge on any atom is -0.453 e. The summed E-state index contributed by atoms with van der Waals surface area (Å²) in [6.45, 7) is 6.22. The number of aromatic amines is 2. The topological polar surface area (TPSA) is 136 Å². The molecular formula is C40H49N7O4. The third kappa shape index (κ3) is 7.29. The van der Waals surface area contributed by atoms with Gasteiger partial charge in [0.05, 0.1) is 36.9 Å². The molecule has 0 bridgehead atoms. The molecule has 0 unspecified atom stereocenters. The molecule has 4 heterocycles. The molecule has 4 atom stereocenters. The Balaban J connectivity index is 0.997. The maximum Gasteiger partial charge on any atom is 0.407 e. The molecule has 4 aromatic rings. The molecule has 2 aromatic heterocycles. The summed E-state index contributed by atoms with van der Waals surface area (Å²) in [5, 5.41) is 2.70. The fourth-order valence-corrected chi connectivity index (χ4v) is 8.13. The van der Waals surface area contributed by atoms with Crippen molar-refractivity contribution in [2.45, 2.75) is 83.2 Å². The van der Waals surface area contributed by atoms with E-state index in [0.717, 1.165) is 103 Å². The third-order valence-corrected chi connectivity index (χ3v) is 11.0. The van der Waals surface area contributed by atoms with Gasteiger partial charge in [-0.25, -0.2) is 14.8 Å². The molecule has 3 aliphatic rings. The smallest absolute Gasteiger partial charge is 0.407 e. The molecule has 1 aliphatic carbocycles. The van der Waals surface area contributed by atoms with Crippen molar-refractivity contribution in [2.75, 3.05) is 26.7 Å². The van der Waals surface area contributed by atoms with Crippen LogP contribution >= 0.6 is 0 Å². The number of piperidine rings is 1. The summed E-state index contributed by atoms with van der Waals surface area (Å²) in [4.78, 5) is 59.1. The number of amides is 3. The molecule has 3 N–H and O–H groups in total. The van der Waals surface area contributed by atoms with Gasteiger partial charge < -0.3 is 29.8 Å². The summed E-state index contributed by atoms with van der Waals surface area (Å²) in [6, 6.07) is 16.0. The number of benzene rings is 2. The highest BCUT2D eigenvalue weighted by Gasteiger charge is 2.39. The van der Waals surface area contributed by atoms with E-state index in [0.29, 0.717) is 12.5 Å². The number of alkyl carbamates (subject to hydrolysis) is 1. The van der Waals surface area contributed by atoms with Crippen LogP contribution in [0.5, 0.6) is 0 Å². The molecule has 3 amide bonds. The molecule has 3 fully saturated rings. The monoisotopic (exact) mass is 691 g/mol. The van der Waals surface area contributed by atoms with Gasteiger partial charge in [-0.05, 0) is 73.1 Å². The second-order valence-corrected chi connectivity index (χ2v) is 14.6. The number of carbonyl (C=O) groups is 3. The number of H-pyrrole nitrogens is 2. The summed E-state index contributed by atoms with van der Waals surface area (Å²) in [7, 11) is 1.30. The lowest BCUT2D eigenvalue weighted by atomic mass is 9.93. The van der Waals surface area contributed by atoms with Crippen LogP contribution in [0.1, 0.15) is 88.8 Å². The average Bonchev–Trinajstić information content (AvgIpc) is 4.00. The van der Waals surface area contributed by atoms with Crippen molar-refractivity contribution in [1.29, 1.82) is 0 Å². The summed E-state index contributed by atoms with van der Waals surface area (Å²) >= 11 is 0. The molecule has 7 rings (SSSR count). The van der Waals surface area contributed by atoms with Crippen LogP contribution in [0.3, 0.4) is 0 Å². The zero-order valence-electron chi connectivity index (χ0n) is 29.9. The van der Waals surface area contributed by atoms with Crippen molar-refractivity contribution in [2.24, 2.45) is 11.8 Å². The lowest BCUT2D eigenvalue weighted by Gasteiger charge is -2.30. The molecule has 2 saturated heterocycles. The number of imidazole rings is 2. The van der Waals surface area contributed by atoms with Gasteiger partial charge in [-0.3, -0.25) is 9.59 Å². The molecular weight excluding hydrogens is 642 g/mol. The highest BCUT2D eigenvalue weighted by atomic mass is 16.5. The van der Waals surface area contributed by atoms with Crippen molar-refractivity contribution < 1.29 is 19.1 Å². The summed E-state index contributed by atoms with van der Waals surface area (Å²) in [5.74, 6) is 1.97. The molecule has 11 nitrogen and oxygen atoms in total. The predicted octanol–water partition coefficient (Wildman–Crippen LogP) is 7.07. The second kappa shape index (κ2) is 15.1. The van der Waals surface area contributed by atoms with Crippen LogP contribution in [0.15, 0.2) is 60.9 Å². The molecule has 1 saturated carbocycles. The highest BCUT2D eigenvalue weighted by molar-refractivity contribution is 5.86. The van der Waals surface area contributed by atoms with Gasteiger partial charge in [-0.2, -0.15) is 0 Å². The minimum atomic E-state index is -0.670. The summed E-state index contributed by atoms with van der Waals surface area (Å²) < 4.78 is 4.76. The van der Waals surface area contributed by atoms with Crippen LogP contribution in [0.2, 0.25) is 0 Å². The fraction of sp³-hybridized carbons (Fsp3) is 0.475. The van der Waals surface area contributed by atoms with E-state index in [2.05, 4.69) is 73.7 Å². The van der Waals surface area contributed by atoms with E-state index >= 15 is 0 Å². The first-order valence-electron chi connectivity index (χ1n) is 18.6. The maximum absolute atomic E-state index is 13.5. The van der Waals surface area contributed by atoms with E-state index in [1.807, 2.05) is 31.1 Å². The molecule has 268 valence electrons. The minimum absolute atomic E-state index is 0.0294. The SMILES string of the molecule is COC(=O)N[C@@H](C(=O)N1CCC[C@H]1c1ncc(-c2ccc(-c3ccc(-c4cnc([C@@H]5CCC[C@H]5C(=O)N5CCCCC5)[nH]4)cc3)cc2)[nH]1)C(C)C. The third-order valence-electron chi connectivity index (χ3n) is 11.0. The van der Waals surface area contributed by atoms with Crippen LogP contribution in [-0.2, 0) is 14.3 Å². The number of nitrogens with one attached hydrogen (secondary N) is 3. The van der Waals surface area contributed by atoms with Crippen LogP contribution < -0.4 is 5.32 Å². The van der Waals surface area contributed by atoms with Crippen molar-refractivity contribution in [3.8, 4) is 33.6 Å². The molecule has 51 heavy (non-hydrogen) atoms. The highest BCUT2D eigenvalue weighted by Crippen LogP contribution is 2.40. The van der Waals surface area contributed by atoms with Gasteiger partial charge in [-0.15, -0.1) is 0 Å². The molecule has 0 radical (unpaired) electrons. The van der Waals surface area contributed by atoms with Crippen molar-refractivity contribution in [1.82, 2.24) is 35.1 Å². The molecule has 2 aliphatic heterocycles. The van der Waals surface area contributed by atoms with Crippen LogP contribution in [0.4, 0.5) is 4.79 Å². The van der Waals surface area contributed by atoms with Crippen LogP contribution in [0, 0.1) is 11.8 Å². The Morgan fingerprint density at radius 3 is 1.94 bits per heavy atom. The van der Waals surface area contributed by atoms with E-state index < -0.39 is 12.1 Å². The largest absolute Gasteiger partial charge is 0.453 e. The Morgan fingerprint density at radius 1 is 0.745 bits per heavy atom. The Morgan fingerprint density at radius 2 is 1.33 bits per heavy atom. The van der Waals surface area contributed by atoms with E-state index in [4.69, 9.17) is 9.72 Å². The van der Waals surface area contributed by atoms with Crippen LogP contribution in [-0.4, -0.2) is 80.4 Å². The Hall–Kier alpha value is -4.93. The van der Waals surface area contributed by atoms with E-state index in [1.165, 1.54) is 13.5 Å². The Labute approximate surface area is 299 Å². The van der Waals surface area contributed by atoms with Gasteiger partial charge in [0.2, 0.25) is 11.8 Å². The molecule has 2 aromatic carbocycles. The molecule has 11 heteroatoms. The first-order valence-corrected chi connectivity index (χ1v) is 18.6. The van der Waals surface area contributed by atoms with Gasteiger partial charge in [0, 0.05) is 31.5 Å². The number of carbonyl (C=O) groups excluding carboxylic acids is 3. The van der Waals surface area contributed by atoms with E-state index in [1.54, 1.807) is 0 Å². The number of hydrogen-bond donors (Lipinski definition) is 3. The zero-order valence-corrected chi connectivity index (χ0v) is 29.9. The van der Waals surface area contributed by atoms with Crippen molar-refractivity contribution in [3.05, 3.63) is 72.6 Å². The lowest BCUT2D eigenvalue weighted by molar-refractivity contribution is -0.137. The fourth-order valence-electron chi connectivity index (χ4n) is 8.13. The predicted molar refractivity (Wildman–Crippen MR) is 195 cm³/mol. The number of rotatable bonds is 9. The van der Waals surface area contributed by atoms with Gasteiger partial charge >= 0.3 is 6.09 Å². The van der Waals surface area contributed by atoms with Crippen molar-refractivity contribution >= 4 is 17.9 Å². The van der Waals surface area contributed by atoms with E-state index in [9.17, 15) is 14.4 Å². The van der Waals surface area contributed by atoms with Gasteiger partial charge in [0.15, 0.2) is 0 Å². The van der Waals surface area contributed by atoms with Gasteiger partial charge in [0.1, 0.15) is 17.7 Å². The maximum atomic E-state index is 13.5. The van der Waals surface area contributed by atoms with Gasteiger partial charge in [0.25, 0.3) is 0 Å². The Kier molecular flexibility index (Phi) is 10.2. The Bertz CT molecular complexity index is 1820. The number of ether oxygens (including phenoxy) is 1. The first kappa shape index (κ1) is 34.5. The quantitative estimate of drug-likeness (QED) is 0.172. The molecule has 0 spiro atoms.